The van der Waals surface area contributed by atoms with E-state index in [2.05, 4.69) is 0 Å². The highest BCUT2D eigenvalue weighted by molar-refractivity contribution is 7.86. The second-order valence-corrected chi connectivity index (χ2v) is 10.2. The van der Waals surface area contributed by atoms with Gasteiger partial charge in [0.05, 0.1) is 24.9 Å². The van der Waals surface area contributed by atoms with Gasteiger partial charge in [-0.3, -0.25) is 13.8 Å². The third kappa shape index (κ3) is 2.93. The summed E-state index contributed by atoms with van der Waals surface area (Å²) in [7, 11) is -2.66. The van der Waals surface area contributed by atoms with E-state index in [1.165, 1.54) is 7.11 Å². The molecular formula is C19H28O6S. The van der Waals surface area contributed by atoms with Crippen LogP contribution in [0, 0.1) is 22.2 Å². The zero-order valence-corrected chi connectivity index (χ0v) is 16.6. The van der Waals surface area contributed by atoms with Crippen LogP contribution in [0.2, 0.25) is 0 Å². The summed E-state index contributed by atoms with van der Waals surface area (Å²) in [4.78, 5) is 24.8. The number of carbonyl (C=O) groups excluding carboxylic acids is 2. The zero-order valence-electron chi connectivity index (χ0n) is 15.7. The molecule has 3 aliphatic carbocycles. The molecule has 26 heavy (non-hydrogen) atoms. The smallest absolute Gasteiger partial charge is 0.318 e. The fourth-order valence-electron chi connectivity index (χ4n) is 5.13. The van der Waals surface area contributed by atoms with Crippen molar-refractivity contribution in [3.05, 3.63) is 12.2 Å². The molecule has 3 rings (SSSR count). The molecule has 146 valence electrons. The molecule has 3 aliphatic rings. The number of ketones is 1. The maximum Gasteiger partial charge on any atom is 0.318 e. The summed E-state index contributed by atoms with van der Waals surface area (Å²) in [6.07, 6.45) is 7.59. The van der Waals surface area contributed by atoms with Gasteiger partial charge in [-0.15, -0.1) is 0 Å². The summed E-state index contributed by atoms with van der Waals surface area (Å²) in [6, 6.07) is 0. The van der Waals surface area contributed by atoms with Crippen LogP contribution in [-0.2, 0) is 28.6 Å². The summed E-state index contributed by atoms with van der Waals surface area (Å²) in [5.74, 6) is -0.511. The van der Waals surface area contributed by atoms with Gasteiger partial charge < -0.3 is 4.74 Å². The summed E-state index contributed by atoms with van der Waals surface area (Å²) in [5, 5.41) is 0. The Bertz CT molecular complexity index is 737. The van der Waals surface area contributed by atoms with E-state index < -0.39 is 26.9 Å². The lowest BCUT2D eigenvalue weighted by molar-refractivity contribution is -0.152. The number of ether oxygens (including phenoxy) is 1. The molecule has 0 N–H and O–H groups in total. The SMILES string of the molecule is COC(=O)[C@@]1(COS(=O)(=O)C[C@@]23CC[C@@H](CC2=O)C3(C)C)C=CCCC1. The van der Waals surface area contributed by atoms with Crippen LogP contribution < -0.4 is 0 Å². The molecule has 0 amide bonds. The fraction of sp³-hybridized carbons (Fsp3) is 0.789. The van der Waals surface area contributed by atoms with Gasteiger partial charge in [-0.05, 0) is 43.4 Å². The maximum absolute atomic E-state index is 12.7. The lowest BCUT2D eigenvalue weighted by Gasteiger charge is -2.36. The van der Waals surface area contributed by atoms with E-state index in [4.69, 9.17) is 8.92 Å². The number of hydrogen-bond acceptors (Lipinski definition) is 6. The second-order valence-electron chi connectivity index (χ2n) is 8.57. The van der Waals surface area contributed by atoms with Gasteiger partial charge in [-0.1, -0.05) is 26.0 Å². The average Bonchev–Trinajstić information content (AvgIpc) is 2.94. The minimum absolute atomic E-state index is 0.0335. The molecule has 0 aromatic carbocycles. The molecule has 0 spiro atoms. The Hall–Kier alpha value is -1.21. The molecule has 7 heteroatoms. The quantitative estimate of drug-likeness (QED) is 0.397. The van der Waals surface area contributed by atoms with Gasteiger partial charge in [0.2, 0.25) is 0 Å². The Morgan fingerprint density at radius 2 is 2.04 bits per heavy atom. The van der Waals surface area contributed by atoms with E-state index in [9.17, 15) is 18.0 Å². The molecular weight excluding hydrogens is 356 g/mol. The lowest BCUT2D eigenvalue weighted by atomic mass is 9.70. The molecule has 0 aromatic heterocycles. The summed E-state index contributed by atoms with van der Waals surface area (Å²) in [5.41, 5.74) is -2.27. The Balaban J connectivity index is 1.77. The number of methoxy groups -OCH3 is 1. The molecule has 2 fully saturated rings. The lowest BCUT2D eigenvalue weighted by Crippen LogP contribution is -2.44. The monoisotopic (exact) mass is 384 g/mol. The van der Waals surface area contributed by atoms with Crippen LogP contribution in [0.25, 0.3) is 0 Å². The first-order valence-electron chi connectivity index (χ1n) is 9.25. The molecule has 0 unspecified atom stereocenters. The largest absolute Gasteiger partial charge is 0.468 e. The Morgan fingerprint density at radius 1 is 1.31 bits per heavy atom. The molecule has 0 saturated heterocycles. The number of Topliss-reactive ketones (excluding diaryl/α,β-unsaturated/α-hetero) is 1. The van der Waals surface area contributed by atoms with Crippen LogP contribution in [0.1, 0.15) is 52.4 Å². The fourth-order valence-corrected chi connectivity index (χ4v) is 6.88. The normalized spacial score (nSPS) is 35.7. The Morgan fingerprint density at radius 3 is 2.54 bits per heavy atom. The molecule has 2 bridgehead atoms. The third-order valence-corrected chi connectivity index (χ3v) is 8.40. The minimum Gasteiger partial charge on any atom is -0.468 e. The predicted octanol–water partition coefficient (Wildman–Crippen LogP) is 2.63. The number of allylic oxidation sites excluding steroid dienone is 1. The zero-order chi connectivity index (χ0) is 19.2. The van der Waals surface area contributed by atoms with E-state index in [1.807, 2.05) is 19.9 Å². The van der Waals surface area contributed by atoms with Crippen molar-refractivity contribution in [1.82, 2.24) is 0 Å². The minimum atomic E-state index is -3.95. The van der Waals surface area contributed by atoms with Crippen LogP contribution in [0.4, 0.5) is 0 Å². The van der Waals surface area contributed by atoms with Crippen molar-refractivity contribution in [2.24, 2.45) is 22.2 Å². The molecule has 0 radical (unpaired) electrons. The summed E-state index contributed by atoms with van der Waals surface area (Å²) in [6.45, 7) is 3.71. The molecule has 2 saturated carbocycles. The van der Waals surface area contributed by atoms with Gasteiger partial charge >= 0.3 is 5.97 Å². The standard InChI is InChI=1S/C19H28O6S/c1-17(2)14-7-10-19(17,15(20)11-14)13-26(22,23)25-12-18(16(21)24-3)8-5-4-6-9-18/h5,8,14H,4,6-7,9-13H2,1-3H3/t14-,18-,19-/m0/s1. The summed E-state index contributed by atoms with van der Waals surface area (Å²) >= 11 is 0. The van der Waals surface area contributed by atoms with E-state index >= 15 is 0 Å². The van der Waals surface area contributed by atoms with Crippen LogP contribution in [0.3, 0.4) is 0 Å². The van der Waals surface area contributed by atoms with Crippen LogP contribution in [0.15, 0.2) is 12.2 Å². The number of fused-ring (bicyclic) bond motifs is 2. The van der Waals surface area contributed by atoms with Crippen molar-refractivity contribution in [3.8, 4) is 0 Å². The van der Waals surface area contributed by atoms with E-state index in [1.54, 1.807) is 6.08 Å². The molecule has 0 aliphatic heterocycles. The van der Waals surface area contributed by atoms with E-state index in [0.717, 1.165) is 19.3 Å². The first kappa shape index (κ1) is 19.5. The van der Waals surface area contributed by atoms with Crippen LogP contribution >= 0.6 is 0 Å². The van der Waals surface area contributed by atoms with Crippen LogP contribution in [0.5, 0.6) is 0 Å². The predicted molar refractivity (Wildman–Crippen MR) is 95.7 cm³/mol. The number of rotatable bonds is 6. The van der Waals surface area contributed by atoms with E-state index in [0.29, 0.717) is 19.3 Å². The van der Waals surface area contributed by atoms with Gasteiger partial charge in [-0.25, -0.2) is 0 Å². The van der Waals surface area contributed by atoms with Gasteiger partial charge in [-0.2, -0.15) is 8.42 Å². The highest BCUT2D eigenvalue weighted by atomic mass is 32.2. The van der Waals surface area contributed by atoms with Gasteiger partial charge in [0.15, 0.2) is 0 Å². The second kappa shape index (κ2) is 6.44. The highest BCUT2D eigenvalue weighted by Gasteiger charge is 2.65. The molecule has 6 nitrogen and oxygen atoms in total. The van der Waals surface area contributed by atoms with Crippen molar-refractivity contribution in [1.29, 1.82) is 0 Å². The Labute approximate surface area is 155 Å². The molecule has 3 atom stereocenters. The van der Waals surface area contributed by atoms with E-state index in [-0.39, 0.29) is 29.5 Å². The molecule has 0 heterocycles. The van der Waals surface area contributed by atoms with Crippen molar-refractivity contribution >= 4 is 21.9 Å². The van der Waals surface area contributed by atoms with Gasteiger partial charge in [0.25, 0.3) is 10.1 Å². The third-order valence-electron chi connectivity index (χ3n) is 7.08. The maximum atomic E-state index is 12.7. The van der Waals surface area contributed by atoms with Crippen molar-refractivity contribution in [2.45, 2.75) is 52.4 Å². The molecule has 0 aromatic rings. The first-order chi connectivity index (χ1) is 12.1. The topological polar surface area (TPSA) is 86.7 Å². The average molecular weight is 384 g/mol. The number of hydrogen-bond donors (Lipinski definition) is 0. The van der Waals surface area contributed by atoms with Gasteiger partial charge in [0.1, 0.15) is 11.2 Å². The first-order valence-corrected chi connectivity index (χ1v) is 10.8. The van der Waals surface area contributed by atoms with Gasteiger partial charge in [0, 0.05) is 6.42 Å². The highest BCUT2D eigenvalue weighted by Crippen LogP contribution is 2.64. The number of esters is 1. The van der Waals surface area contributed by atoms with Crippen molar-refractivity contribution in [3.63, 3.8) is 0 Å². The number of carbonyl (C=O) groups is 2. The van der Waals surface area contributed by atoms with Crippen LogP contribution in [-0.4, -0.2) is 39.6 Å². The van der Waals surface area contributed by atoms with Crippen molar-refractivity contribution in [2.75, 3.05) is 19.5 Å². The van der Waals surface area contributed by atoms with Crippen molar-refractivity contribution < 1.29 is 26.9 Å². The summed E-state index contributed by atoms with van der Waals surface area (Å²) < 4.78 is 35.7. The Kier molecular flexibility index (Phi) is 4.84.